The molecule has 0 radical (unpaired) electrons. The molecule has 9 heavy (non-hydrogen) atoms. The van der Waals surface area contributed by atoms with Crippen LogP contribution in [0.3, 0.4) is 0 Å². The van der Waals surface area contributed by atoms with E-state index in [-0.39, 0.29) is 0 Å². The van der Waals surface area contributed by atoms with Gasteiger partial charge in [0, 0.05) is 0 Å². The number of hydrogen-bond donors (Lipinski definition) is 0. The Balaban J connectivity index is 0. The van der Waals surface area contributed by atoms with E-state index in [1.165, 1.54) is 0 Å². The zero-order valence-electron chi connectivity index (χ0n) is 5.84. The minimum absolute atomic E-state index is 0.861. The summed E-state index contributed by atoms with van der Waals surface area (Å²) in [5.74, 6) is 0. The molecule has 0 rings (SSSR count). The maximum absolute atomic E-state index is 4.97. The fourth-order valence-electron chi connectivity index (χ4n) is 0. The van der Waals surface area contributed by atoms with E-state index in [0.29, 0.717) is 0 Å². The van der Waals surface area contributed by atoms with E-state index in [9.17, 15) is 0 Å². The van der Waals surface area contributed by atoms with Crippen molar-refractivity contribution in [3.63, 3.8) is 0 Å². The van der Waals surface area contributed by atoms with Gasteiger partial charge in [0.2, 0.25) is 0 Å². The van der Waals surface area contributed by atoms with Gasteiger partial charge in [-0.25, -0.2) is 0 Å². The van der Waals surface area contributed by atoms with Crippen LogP contribution in [-0.2, 0) is 14.7 Å². The van der Waals surface area contributed by atoms with Crippen molar-refractivity contribution >= 4 is 36.0 Å². The SMILES string of the molecule is [CH2-][Si](C)(C)C.[Cl][Ti+]([Cl])[Cl]. The molecule has 0 saturated carbocycles. The summed E-state index contributed by atoms with van der Waals surface area (Å²) in [6.45, 7) is 10.6. The van der Waals surface area contributed by atoms with Crippen LogP contribution >= 0.6 is 27.9 Å². The minimum atomic E-state index is -1.92. The van der Waals surface area contributed by atoms with Crippen LogP contribution in [0, 0.1) is 6.55 Å². The molecule has 0 nitrogen and oxygen atoms in total. The van der Waals surface area contributed by atoms with Crippen LogP contribution in [0.25, 0.3) is 0 Å². The molecule has 0 aromatic rings. The van der Waals surface area contributed by atoms with Crippen molar-refractivity contribution in [2.24, 2.45) is 0 Å². The van der Waals surface area contributed by atoms with E-state index in [0.717, 1.165) is 0 Å². The summed E-state index contributed by atoms with van der Waals surface area (Å²) in [6.07, 6.45) is 0. The third-order valence-electron chi connectivity index (χ3n) is 0. The molecule has 0 aliphatic carbocycles. The monoisotopic (exact) mass is 240 g/mol. The summed E-state index contributed by atoms with van der Waals surface area (Å²) in [6, 6.07) is 0. The maximum atomic E-state index is 4.97. The predicted molar refractivity (Wildman–Crippen MR) is 46.3 cm³/mol. The van der Waals surface area contributed by atoms with E-state index >= 15 is 0 Å². The molecule has 0 saturated heterocycles. The first kappa shape index (κ1) is 13.4. The first-order chi connectivity index (χ1) is 3.73. The van der Waals surface area contributed by atoms with Crippen molar-refractivity contribution in [1.29, 1.82) is 0 Å². The van der Waals surface area contributed by atoms with E-state index in [2.05, 4.69) is 26.2 Å². The summed E-state index contributed by atoms with van der Waals surface area (Å²) in [5.41, 5.74) is 0. The predicted octanol–water partition coefficient (Wildman–Crippen LogP) is 3.76. The third kappa shape index (κ3) is 184. The summed E-state index contributed by atoms with van der Waals surface area (Å²) in [7, 11) is 14.1. The molecular formula is C4H11Cl3SiTi. The van der Waals surface area contributed by atoms with Crippen LogP contribution < -0.4 is 0 Å². The first-order valence-corrected chi connectivity index (χ1v) is 12.6. The Morgan fingerprint density at radius 3 is 1.11 bits per heavy atom. The summed E-state index contributed by atoms with van der Waals surface area (Å²) in [5, 5.41) is 0. The summed E-state index contributed by atoms with van der Waals surface area (Å²) in [4.78, 5) is 0. The van der Waals surface area contributed by atoms with Crippen LogP contribution in [0.5, 0.6) is 0 Å². The van der Waals surface area contributed by atoms with Gasteiger partial charge in [0.15, 0.2) is 0 Å². The normalized spacial score (nSPS) is 9.67. The molecule has 0 aromatic heterocycles. The second-order valence-electron chi connectivity index (χ2n) is 2.77. The summed E-state index contributed by atoms with van der Waals surface area (Å²) >= 11 is -1.92. The number of rotatable bonds is 0. The first-order valence-electron chi connectivity index (χ1n) is 2.42. The van der Waals surface area contributed by atoms with Crippen LogP contribution in [0.1, 0.15) is 0 Å². The number of halogens is 3. The Morgan fingerprint density at radius 1 is 1.11 bits per heavy atom. The Labute approximate surface area is 76.3 Å². The molecule has 0 atom stereocenters. The molecule has 0 fully saturated rings. The average Bonchev–Trinajstić information content (AvgIpc) is 1.19. The van der Waals surface area contributed by atoms with Gasteiger partial charge in [-0.2, -0.15) is 0 Å². The van der Waals surface area contributed by atoms with Gasteiger partial charge in [-0.05, 0) is 0 Å². The fourth-order valence-corrected chi connectivity index (χ4v) is 0. The fraction of sp³-hybridized carbons (Fsp3) is 0.750. The Hall–Kier alpha value is 1.80. The van der Waals surface area contributed by atoms with Crippen LogP contribution in [0.4, 0.5) is 0 Å². The molecule has 56 valence electrons. The van der Waals surface area contributed by atoms with Gasteiger partial charge in [-0.3, -0.25) is 0 Å². The van der Waals surface area contributed by atoms with E-state index < -0.39 is 22.8 Å². The molecule has 0 N–H and O–H groups in total. The molecule has 0 aliphatic rings. The standard InChI is InChI=1S/C4H11Si.3ClH.Ti/c1-5(2,3)4;;;;/h1H2,2-4H3;3*1H;/q-1;;;;+4/p-3. The molecule has 0 bridgehead atoms. The van der Waals surface area contributed by atoms with Crippen molar-refractivity contribution in [2.45, 2.75) is 19.6 Å². The number of hydrogen-bond acceptors (Lipinski definition) is 0. The molecule has 0 heterocycles. The van der Waals surface area contributed by atoms with Crippen molar-refractivity contribution in [3.05, 3.63) is 6.55 Å². The van der Waals surface area contributed by atoms with Crippen LogP contribution in [0.2, 0.25) is 19.6 Å². The van der Waals surface area contributed by atoms with Gasteiger partial charge in [0.25, 0.3) is 0 Å². The second kappa shape index (κ2) is 6.51. The topological polar surface area (TPSA) is 0 Å². The van der Waals surface area contributed by atoms with Crippen LogP contribution in [0.15, 0.2) is 0 Å². The van der Waals surface area contributed by atoms with Gasteiger partial charge in [-0.1, -0.05) is 19.6 Å². The van der Waals surface area contributed by atoms with Crippen molar-refractivity contribution in [2.75, 3.05) is 0 Å². The van der Waals surface area contributed by atoms with Gasteiger partial charge in [0.1, 0.15) is 0 Å². The molecule has 5 heteroatoms. The zero-order chi connectivity index (χ0) is 8.08. The third-order valence-corrected chi connectivity index (χ3v) is 0. The van der Waals surface area contributed by atoms with Crippen molar-refractivity contribution in [3.8, 4) is 0 Å². The Kier molecular flexibility index (Phi) is 9.69. The van der Waals surface area contributed by atoms with Crippen molar-refractivity contribution in [1.82, 2.24) is 0 Å². The summed E-state index contributed by atoms with van der Waals surface area (Å²) < 4.78 is 0. The molecular weight excluding hydrogens is 230 g/mol. The van der Waals surface area contributed by atoms with Crippen molar-refractivity contribution < 1.29 is 14.7 Å². The quantitative estimate of drug-likeness (QED) is 0.447. The second-order valence-corrected chi connectivity index (χ2v) is 15.6. The van der Waals surface area contributed by atoms with Gasteiger partial charge < -0.3 is 6.55 Å². The van der Waals surface area contributed by atoms with Gasteiger partial charge >= 0.3 is 42.6 Å². The Morgan fingerprint density at radius 2 is 1.11 bits per heavy atom. The van der Waals surface area contributed by atoms with E-state index in [1.54, 1.807) is 0 Å². The van der Waals surface area contributed by atoms with Crippen LogP contribution in [-0.4, -0.2) is 8.07 Å². The van der Waals surface area contributed by atoms with E-state index in [4.69, 9.17) is 27.9 Å². The van der Waals surface area contributed by atoms with Gasteiger partial charge in [0.05, 0.1) is 0 Å². The zero-order valence-corrected chi connectivity index (χ0v) is 10.7. The van der Waals surface area contributed by atoms with Gasteiger partial charge in [-0.15, -0.1) is 8.07 Å². The van der Waals surface area contributed by atoms with E-state index in [1.807, 2.05) is 0 Å². The average molecular weight is 241 g/mol. The Bertz CT molecular complexity index is 52.6. The molecule has 0 amide bonds. The molecule has 0 aliphatic heterocycles. The molecule has 0 aromatic carbocycles. The molecule has 0 unspecified atom stereocenters. The molecule has 0 spiro atoms.